The number of aromatic nitrogens is 2. The van der Waals surface area contributed by atoms with E-state index in [2.05, 4.69) is 15.0 Å². The fourth-order valence-corrected chi connectivity index (χ4v) is 10.9. The Morgan fingerprint density at radius 2 is 1.82 bits per heavy atom. The topological polar surface area (TPSA) is 185 Å². The van der Waals surface area contributed by atoms with E-state index in [-0.39, 0.29) is 50.8 Å². The number of allylic oxidation sites excluding steroid dienone is 2. The fraction of sp³-hybridized carbons (Fsp3) is 0.533. The minimum absolute atomic E-state index is 0.0284. The number of nitrogens with zero attached hydrogens (tertiary/aromatic N) is 4. The minimum atomic E-state index is -3.95. The van der Waals surface area contributed by atoms with Gasteiger partial charge in [-0.25, -0.2) is 22.2 Å². The maximum Gasteiger partial charge on any atom is 0.267 e. The summed E-state index contributed by atoms with van der Waals surface area (Å²) in [6.07, 6.45) is 8.25. The van der Waals surface area contributed by atoms with Gasteiger partial charge in [0.25, 0.3) is 11.8 Å². The number of ether oxygens (including phenoxy) is 1. The third-order valence-corrected chi connectivity index (χ3v) is 15.2. The van der Waals surface area contributed by atoms with Crippen LogP contribution in [0.1, 0.15) is 94.3 Å². The molecule has 14 nitrogen and oxygen atoms in total. The number of likely N-dealkylation sites (tertiary alicyclic amines) is 1. The van der Waals surface area contributed by atoms with Crippen LogP contribution in [-0.2, 0) is 29.2 Å². The summed E-state index contributed by atoms with van der Waals surface area (Å²) < 4.78 is 62.2. The number of pyridine rings is 2. The monoisotopic (exact) mass is 874 g/mol. The van der Waals surface area contributed by atoms with Crippen LogP contribution in [0.4, 0.5) is 8.78 Å². The van der Waals surface area contributed by atoms with E-state index >= 15 is 0 Å². The number of carbonyl (C=O) groups excluding carboxylic acids is 5. The molecule has 0 radical (unpaired) electrons. The summed E-state index contributed by atoms with van der Waals surface area (Å²) in [5.41, 5.74) is -0.531. The standard InChI is InChI=1S/C45H52F2N6O8S/c1-43-16-8-5-3-4-6-10-28(20-39(55)52-19-17-45(46,47)27-52)41(57)53-25-29(21-37(53)38(54)24-44(43,26-43)42(58)51-62(59,60)31-13-14-31)49-40(56)33-23-36(35-11-7-9-18-48-35)50-34-15-12-30(61-2)22-32(33)34/h7-9,11-12,15-16,18,22-23,28-29,31,37H,3-6,10,13-14,17,19-21,24-27H2,1-2H3,(H,49,56)(H,51,58)/b16-8-/t28-,29-,37+,43+,44-/m1/s1. The maximum atomic E-state index is 14.8. The number of ketones is 1. The Labute approximate surface area is 359 Å². The Bertz CT molecular complexity index is 2430. The van der Waals surface area contributed by atoms with Gasteiger partial charge in [-0.3, -0.25) is 33.7 Å². The summed E-state index contributed by atoms with van der Waals surface area (Å²) in [6, 6.07) is 10.2. The number of rotatable bonds is 9. The van der Waals surface area contributed by atoms with E-state index in [1.807, 2.05) is 19.1 Å². The molecule has 5 heterocycles. The lowest BCUT2D eigenvalue weighted by molar-refractivity contribution is -0.145. The van der Waals surface area contributed by atoms with Gasteiger partial charge in [0.1, 0.15) is 5.75 Å². The number of amides is 4. The predicted molar refractivity (Wildman–Crippen MR) is 224 cm³/mol. The van der Waals surface area contributed by atoms with E-state index in [0.717, 1.165) is 11.3 Å². The molecule has 5 atom stereocenters. The number of Topliss-reactive ketones (excluding diaryl/α,β-unsaturated/α-hetero) is 1. The van der Waals surface area contributed by atoms with Crippen LogP contribution in [-0.4, -0.2) is 108 Å². The number of carbonyl (C=O) groups is 5. The van der Waals surface area contributed by atoms with E-state index in [1.54, 1.807) is 48.7 Å². The highest BCUT2D eigenvalue weighted by Crippen LogP contribution is 2.67. The van der Waals surface area contributed by atoms with Crippen molar-refractivity contribution < 1.29 is 45.9 Å². The van der Waals surface area contributed by atoms with E-state index in [9.17, 15) is 41.2 Å². The van der Waals surface area contributed by atoms with Crippen LogP contribution < -0.4 is 14.8 Å². The third-order valence-electron chi connectivity index (χ3n) is 13.4. The van der Waals surface area contributed by atoms with E-state index in [4.69, 9.17) is 9.72 Å². The molecule has 4 fully saturated rings. The zero-order valence-corrected chi connectivity index (χ0v) is 35.7. The Morgan fingerprint density at radius 1 is 1.02 bits per heavy atom. The number of benzene rings is 1. The molecule has 2 saturated carbocycles. The average Bonchev–Trinajstić information content (AvgIpc) is 4.11. The maximum absolute atomic E-state index is 14.8. The Kier molecular flexibility index (Phi) is 11.7. The fourth-order valence-electron chi connectivity index (χ4n) is 9.52. The number of fused-ring (bicyclic) bond motifs is 3. The van der Waals surface area contributed by atoms with Gasteiger partial charge in [-0.05, 0) is 81.3 Å². The quantitative estimate of drug-likeness (QED) is 0.265. The molecule has 1 aromatic carbocycles. The molecule has 62 heavy (non-hydrogen) atoms. The summed E-state index contributed by atoms with van der Waals surface area (Å²) in [4.78, 5) is 83.3. The second-order valence-corrected chi connectivity index (χ2v) is 19.9. The molecular formula is C45H52F2N6O8S. The molecule has 2 N–H and O–H groups in total. The van der Waals surface area contributed by atoms with Crippen LogP contribution in [0.15, 0.2) is 60.8 Å². The van der Waals surface area contributed by atoms with Gasteiger partial charge < -0.3 is 19.9 Å². The number of sulfonamides is 1. The first-order chi connectivity index (χ1) is 29.5. The number of nitrogens with one attached hydrogen (secondary N) is 2. The van der Waals surface area contributed by atoms with E-state index in [1.165, 1.54) is 12.0 Å². The summed E-state index contributed by atoms with van der Waals surface area (Å²) in [5.74, 6) is -6.31. The van der Waals surface area contributed by atoms with Crippen molar-refractivity contribution in [3.05, 3.63) is 66.4 Å². The van der Waals surface area contributed by atoms with Gasteiger partial charge in [-0.1, -0.05) is 38.0 Å². The van der Waals surface area contributed by atoms with Crippen molar-refractivity contribution in [2.45, 2.75) is 107 Å². The normalized spacial score (nSPS) is 28.3. The predicted octanol–water partition coefficient (Wildman–Crippen LogP) is 5.36. The molecule has 4 amide bonds. The first-order valence-corrected chi connectivity index (χ1v) is 23.0. The Hall–Kier alpha value is -5.32. The number of hydrogen-bond acceptors (Lipinski definition) is 10. The lowest BCUT2D eigenvalue weighted by Crippen LogP contribution is -2.47. The molecule has 17 heteroatoms. The molecule has 3 aliphatic heterocycles. The van der Waals surface area contributed by atoms with Crippen molar-refractivity contribution >= 4 is 50.3 Å². The molecule has 0 spiro atoms. The molecule has 330 valence electrons. The van der Waals surface area contributed by atoms with Crippen molar-refractivity contribution in [2.75, 3.05) is 26.7 Å². The molecule has 2 saturated heterocycles. The van der Waals surface area contributed by atoms with Gasteiger partial charge in [0.05, 0.1) is 52.8 Å². The second-order valence-electron chi connectivity index (χ2n) is 17.9. The number of halogens is 2. The zero-order chi connectivity index (χ0) is 44.0. The summed E-state index contributed by atoms with van der Waals surface area (Å²) in [7, 11) is -2.45. The van der Waals surface area contributed by atoms with E-state index in [0.29, 0.717) is 60.1 Å². The van der Waals surface area contributed by atoms with Gasteiger partial charge >= 0.3 is 0 Å². The first-order valence-electron chi connectivity index (χ1n) is 21.5. The molecule has 0 unspecified atom stereocenters. The smallest absolute Gasteiger partial charge is 0.267 e. The SMILES string of the molecule is COc1ccc2nc(-c3ccccn3)cc(C(=O)N[C@@H]3C[C@H]4C(=O)C[C@]5(C(=O)NS(=O)(=O)C6CC6)C[C@]5(C)/C=C\CCCCC[C@H](CC(=O)N5CCC(F)(F)C5)C(=O)N4C3)c2c1. The van der Waals surface area contributed by atoms with Crippen molar-refractivity contribution in [1.29, 1.82) is 0 Å². The highest BCUT2D eigenvalue weighted by molar-refractivity contribution is 7.90. The van der Waals surface area contributed by atoms with E-state index < -0.39 is 92.4 Å². The van der Waals surface area contributed by atoms with Crippen molar-refractivity contribution in [3.8, 4) is 17.1 Å². The van der Waals surface area contributed by atoms with Crippen LogP contribution in [0.3, 0.4) is 0 Å². The molecule has 5 aliphatic rings. The van der Waals surface area contributed by atoms with Gasteiger partial charge in [0, 0.05) is 61.3 Å². The van der Waals surface area contributed by atoms with Gasteiger partial charge in [-0.2, -0.15) is 0 Å². The Balaban J connectivity index is 1.12. The molecule has 2 aliphatic carbocycles. The van der Waals surface area contributed by atoms with Gasteiger partial charge in [0.15, 0.2) is 5.78 Å². The minimum Gasteiger partial charge on any atom is -0.497 e. The van der Waals surface area contributed by atoms with Crippen LogP contribution >= 0.6 is 0 Å². The first kappa shape index (κ1) is 43.3. The van der Waals surface area contributed by atoms with Gasteiger partial charge in [0.2, 0.25) is 27.7 Å². The largest absolute Gasteiger partial charge is 0.497 e. The zero-order valence-electron chi connectivity index (χ0n) is 34.9. The van der Waals surface area contributed by atoms with Crippen LogP contribution in [0.2, 0.25) is 0 Å². The molecule has 0 bridgehead atoms. The van der Waals surface area contributed by atoms with Crippen molar-refractivity contribution in [1.82, 2.24) is 29.8 Å². The summed E-state index contributed by atoms with van der Waals surface area (Å²) in [5, 5.41) is 2.87. The van der Waals surface area contributed by atoms with Crippen molar-refractivity contribution in [2.24, 2.45) is 16.7 Å². The molecule has 3 aromatic rings. The lowest BCUT2D eigenvalue weighted by atomic mass is 9.85. The van der Waals surface area contributed by atoms with Crippen LogP contribution in [0, 0.1) is 16.7 Å². The molecule has 8 rings (SSSR count). The van der Waals surface area contributed by atoms with Gasteiger partial charge in [-0.15, -0.1) is 0 Å². The summed E-state index contributed by atoms with van der Waals surface area (Å²) >= 11 is 0. The highest BCUT2D eigenvalue weighted by atomic mass is 32.2. The number of hydrogen-bond donors (Lipinski definition) is 2. The molecule has 2 aromatic heterocycles. The highest BCUT2D eigenvalue weighted by Gasteiger charge is 2.69. The number of methoxy groups -OCH3 is 1. The molecular weight excluding hydrogens is 823 g/mol. The average molecular weight is 875 g/mol. The van der Waals surface area contributed by atoms with Crippen LogP contribution in [0.5, 0.6) is 5.75 Å². The van der Waals surface area contributed by atoms with Crippen molar-refractivity contribution in [3.63, 3.8) is 0 Å². The summed E-state index contributed by atoms with van der Waals surface area (Å²) in [6.45, 7) is 0.860. The van der Waals surface area contributed by atoms with Crippen LogP contribution in [0.25, 0.3) is 22.3 Å². The third kappa shape index (κ3) is 8.82. The Morgan fingerprint density at radius 3 is 2.53 bits per heavy atom. The lowest BCUT2D eigenvalue weighted by Gasteiger charge is -2.30. The number of alkyl halides is 2. The second kappa shape index (κ2) is 16.8.